The van der Waals surface area contributed by atoms with Crippen LogP contribution in [0.15, 0.2) is 0 Å². The van der Waals surface area contributed by atoms with Crippen molar-refractivity contribution in [3.05, 3.63) is 0 Å². The van der Waals surface area contributed by atoms with Crippen LogP contribution in [0.25, 0.3) is 0 Å². The van der Waals surface area contributed by atoms with Crippen molar-refractivity contribution in [3.8, 4) is 0 Å². The Morgan fingerprint density at radius 2 is 2.17 bits per heavy atom. The predicted molar refractivity (Wildman–Crippen MR) is 30.7 cm³/mol. The smallest absolute Gasteiger partial charge is 0.0732 e. The van der Waals surface area contributed by atoms with Crippen LogP contribution < -0.4 is 0 Å². The van der Waals surface area contributed by atoms with Gasteiger partial charge >= 0.3 is 0 Å². The second-order valence-corrected chi connectivity index (χ2v) is 4.11. The molecule has 1 aliphatic rings. The molecule has 0 bridgehead atoms. The molecule has 1 saturated heterocycles. The third-order valence-corrected chi connectivity index (χ3v) is 2.93. The highest BCUT2D eigenvalue weighted by Crippen LogP contribution is 2.54. The highest BCUT2D eigenvalue weighted by molar-refractivity contribution is 8.92. The van der Waals surface area contributed by atoms with E-state index in [0.717, 1.165) is 11.0 Å². The van der Waals surface area contributed by atoms with Crippen LogP contribution >= 0.6 is 21.6 Å². The normalized spacial score (nSPS) is 21.5. The van der Waals surface area contributed by atoms with Gasteiger partial charge in [0.05, 0.1) is 4.58 Å². The van der Waals surface area contributed by atoms with Crippen molar-refractivity contribution >= 4 is 21.6 Å². The van der Waals surface area contributed by atoms with Gasteiger partial charge in [0.25, 0.3) is 0 Å². The zero-order valence-corrected chi connectivity index (χ0v) is 4.89. The molecule has 36 valence electrons. The van der Waals surface area contributed by atoms with Gasteiger partial charge in [-0.25, -0.2) is 0 Å². The predicted octanol–water partition coefficient (Wildman–Crippen LogP) is 1.09. The second-order valence-electron chi connectivity index (χ2n) is 1.13. The number of aliphatic hydroxyl groups is 1. The first kappa shape index (κ1) is 4.81. The summed E-state index contributed by atoms with van der Waals surface area (Å²) in [5.41, 5.74) is 0. The summed E-state index contributed by atoms with van der Waals surface area (Å²) in [7, 11) is 3.70. The molecule has 0 aliphatic carbocycles. The van der Waals surface area contributed by atoms with E-state index in [1.165, 1.54) is 0 Å². The molecule has 0 aromatic carbocycles. The summed E-state index contributed by atoms with van der Waals surface area (Å²) in [5, 5.41) is 8.25. The van der Waals surface area contributed by atoms with Crippen molar-refractivity contribution < 1.29 is 5.11 Å². The zero-order valence-electron chi connectivity index (χ0n) is 3.26. The van der Waals surface area contributed by atoms with E-state index in [2.05, 4.69) is 0 Å². The molecule has 1 nitrogen and oxygen atoms in total. The first-order chi connectivity index (χ1) is 2.93. The van der Waals surface area contributed by atoms with Crippen LogP contribution in [0.3, 0.4) is 0 Å². The first-order valence-corrected chi connectivity index (χ1v) is 4.14. The molecule has 0 amide bonds. The maximum Gasteiger partial charge on any atom is 0.0732 e. The molecule has 1 rings (SSSR count). The Kier molecular flexibility index (Phi) is 1.68. The highest BCUT2D eigenvalue weighted by atomic mass is 33.2. The largest absolute Gasteiger partial charge is 0.396 e. The van der Waals surface area contributed by atoms with Crippen molar-refractivity contribution in [2.24, 2.45) is 0 Å². The number of hydrogen-bond donors (Lipinski definition) is 1. The summed E-state index contributed by atoms with van der Waals surface area (Å²) in [5.74, 6) is 0. The van der Waals surface area contributed by atoms with Crippen molar-refractivity contribution in [1.82, 2.24) is 0 Å². The van der Waals surface area contributed by atoms with E-state index < -0.39 is 0 Å². The van der Waals surface area contributed by atoms with E-state index in [4.69, 9.17) is 5.11 Å². The molecule has 0 atom stereocenters. The summed E-state index contributed by atoms with van der Waals surface area (Å²) in [6.45, 7) is 0.352. The van der Waals surface area contributed by atoms with Crippen LogP contribution in [0.4, 0.5) is 0 Å². The molecular formula is C3H6OS2. The van der Waals surface area contributed by atoms with E-state index in [1.54, 1.807) is 0 Å². The molecule has 1 aliphatic heterocycles. The fourth-order valence-electron chi connectivity index (χ4n) is 0.241. The van der Waals surface area contributed by atoms with Gasteiger partial charge in [0.1, 0.15) is 0 Å². The highest BCUT2D eigenvalue weighted by Gasteiger charge is 2.22. The monoisotopic (exact) mass is 122 g/mol. The summed E-state index contributed by atoms with van der Waals surface area (Å²) < 4.78 is 0.731. The average Bonchev–Trinajstić information content (AvgIpc) is 2.21. The van der Waals surface area contributed by atoms with Crippen molar-refractivity contribution in [3.63, 3.8) is 0 Å². The van der Waals surface area contributed by atoms with Gasteiger partial charge < -0.3 is 5.11 Å². The van der Waals surface area contributed by atoms with Gasteiger partial charge in [0.2, 0.25) is 0 Å². The zero-order chi connectivity index (χ0) is 4.41. The van der Waals surface area contributed by atoms with E-state index in [-0.39, 0.29) is 0 Å². The molecule has 0 spiro atoms. The lowest BCUT2D eigenvalue weighted by Crippen LogP contribution is -1.83. The second kappa shape index (κ2) is 2.09. The SMILES string of the molecule is OCCC1SS1. The molecular weight excluding hydrogens is 116 g/mol. The maximum atomic E-state index is 8.25. The lowest BCUT2D eigenvalue weighted by molar-refractivity contribution is 0.295. The molecule has 0 radical (unpaired) electrons. The molecule has 1 heterocycles. The minimum absolute atomic E-state index is 0.352. The van der Waals surface area contributed by atoms with Crippen molar-refractivity contribution in [1.29, 1.82) is 0 Å². The maximum absolute atomic E-state index is 8.25. The standard InChI is InChI=1S/C3H6OS2/c4-2-1-3-5-6-3/h3-4H,1-2H2. The first-order valence-electron chi connectivity index (χ1n) is 1.86. The third-order valence-electron chi connectivity index (χ3n) is 0.597. The van der Waals surface area contributed by atoms with Gasteiger partial charge in [-0.2, -0.15) is 0 Å². The molecule has 0 aromatic heterocycles. The Labute approximate surface area is 44.9 Å². The molecule has 1 fully saturated rings. The summed E-state index contributed by atoms with van der Waals surface area (Å²) >= 11 is 0. The van der Waals surface area contributed by atoms with E-state index in [0.29, 0.717) is 6.61 Å². The van der Waals surface area contributed by atoms with Crippen LogP contribution in [0, 0.1) is 0 Å². The quantitative estimate of drug-likeness (QED) is 0.437. The minimum Gasteiger partial charge on any atom is -0.396 e. The van der Waals surface area contributed by atoms with Crippen LogP contribution in [0.5, 0.6) is 0 Å². The molecule has 0 saturated carbocycles. The number of rotatable bonds is 2. The van der Waals surface area contributed by atoms with Gasteiger partial charge in [-0.1, -0.05) is 21.6 Å². The fraction of sp³-hybridized carbons (Fsp3) is 1.00. The van der Waals surface area contributed by atoms with Crippen LogP contribution in [-0.2, 0) is 0 Å². The third kappa shape index (κ3) is 1.41. The summed E-state index contributed by atoms with van der Waals surface area (Å²) in [6, 6.07) is 0. The van der Waals surface area contributed by atoms with Gasteiger partial charge in [-0.3, -0.25) is 0 Å². The Balaban J connectivity index is 1.88. The van der Waals surface area contributed by atoms with Crippen LogP contribution in [-0.4, -0.2) is 16.3 Å². The van der Waals surface area contributed by atoms with Crippen molar-refractivity contribution in [2.45, 2.75) is 11.0 Å². The minimum atomic E-state index is 0.352. The molecule has 0 aromatic rings. The number of hydrogen-bond acceptors (Lipinski definition) is 3. The molecule has 0 unspecified atom stereocenters. The Bertz CT molecular complexity index is 44.1. The Morgan fingerprint density at radius 1 is 1.50 bits per heavy atom. The van der Waals surface area contributed by atoms with E-state index in [1.807, 2.05) is 21.6 Å². The average molecular weight is 122 g/mol. The van der Waals surface area contributed by atoms with Gasteiger partial charge in [0, 0.05) is 6.61 Å². The van der Waals surface area contributed by atoms with Gasteiger partial charge in [-0.05, 0) is 6.42 Å². The van der Waals surface area contributed by atoms with E-state index >= 15 is 0 Å². The Hall–Kier alpha value is 0.660. The van der Waals surface area contributed by atoms with E-state index in [9.17, 15) is 0 Å². The van der Waals surface area contributed by atoms with Crippen molar-refractivity contribution in [2.75, 3.05) is 6.61 Å². The Morgan fingerprint density at radius 3 is 2.33 bits per heavy atom. The summed E-state index contributed by atoms with van der Waals surface area (Å²) in [6.07, 6.45) is 0.968. The lowest BCUT2D eigenvalue weighted by Gasteiger charge is -1.79. The van der Waals surface area contributed by atoms with Crippen LogP contribution in [0.1, 0.15) is 6.42 Å². The molecule has 3 heteroatoms. The summed E-state index contributed by atoms with van der Waals surface area (Å²) in [4.78, 5) is 0. The topological polar surface area (TPSA) is 20.2 Å². The molecule has 1 N–H and O–H groups in total. The van der Waals surface area contributed by atoms with Crippen LogP contribution in [0.2, 0.25) is 0 Å². The fourth-order valence-corrected chi connectivity index (χ4v) is 1.54. The lowest BCUT2D eigenvalue weighted by atomic mass is 10.5. The van der Waals surface area contributed by atoms with Gasteiger partial charge in [0.15, 0.2) is 0 Å². The number of aliphatic hydroxyl groups excluding tert-OH is 1. The molecule has 6 heavy (non-hydrogen) atoms. The van der Waals surface area contributed by atoms with Gasteiger partial charge in [-0.15, -0.1) is 0 Å².